The van der Waals surface area contributed by atoms with Gasteiger partial charge in [-0.2, -0.15) is 0 Å². The van der Waals surface area contributed by atoms with Gasteiger partial charge in [0.15, 0.2) is 0 Å². The summed E-state index contributed by atoms with van der Waals surface area (Å²) in [6.07, 6.45) is 4.08. The largest absolute Gasteiger partial charge is 0.481 e. The van der Waals surface area contributed by atoms with E-state index >= 15 is 0 Å². The first-order chi connectivity index (χ1) is 9.57. The summed E-state index contributed by atoms with van der Waals surface area (Å²) in [7, 11) is 0. The van der Waals surface area contributed by atoms with Crippen molar-refractivity contribution in [3.63, 3.8) is 0 Å². The van der Waals surface area contributed by atoms with Crippen molar-refractivity contribution >= 4 is 11.9 Å². The van der Waals surface area contributed by atoms with Crippen LogP contribution in [0.3, 0.4) is 0 Å². The Morgan fingerprint density at radius 2 is 1.80 bits per heavy atom. The third-order valence-corrected chi connectivity index (χ3v) is 4.73. The Morgan fingerprint density at radius 3 is 2.30 bits per heavy atom. The van der Waals surface area contributed by atoms with Crippen LogP contribution in [0.25, 0.3) is 0 Å². The third kappa shape index (κ3) is 3.30. The molecule has 4 N–H and O–H groups in total. The van der Waals surface area contributed by atoms with Gasteiger partial charge in [-0.1, -0.05) is 0 Å². The molecule has 1 aliphatic heterocycles. The second-order valence-corrected chi connectivity index (χ2v) is 5.96. The number of nitrogens with two attached hydrogens (primary N) is 1. The van der Waals surface area contributed by atoms with Crippen LogP contribution in [0, 0.1) is 11.3 Å². The van der Waals surface area contributed by atoms with Crippen molar-refractivity contribution in [2.75, 3.05) is 19.8 Å². The molecule has 20 heavy (non-hydrogen) atoms. The predicted octanol–water partition coefficient (Wildman–Crippen LogP) is 0.501. The van der Waals surface area contributed by atoms with Crippen LogP contribution in [0.2, 0.25) is 0 Å². The number of ether oxygens (including phenoxy) is 1. The monoisotopic (exact) mass is 284 g/mol. The molecule has 0 aromatic carbocycles. The van der Waals surface area contributed by atoms with Crippen molar-refractivity contribution in [1.29, 1.82) is 0 Å². The van der Waals surface area contributed by atoms with E-state index in [4.69, 9.17) is 15.6 Å². The summed E-state index contributed by atoms with van der Waals surface area (Å²) in [5.74, 6) is -0.964. The smallest absolute Gasteiger partial charge is 0.306 e. The van der Waals surface area contributed by atoms with Crippen molar-refractivity contribution < 1.29 is 19.4 Å². The van der Waals surface area contributed by atoms with Gasteiger partial charge in [-0.25, -0.2) is 0 Å². The van der Waals surface area contributed by atoms with Crippen molar-refractivity contribution in [1.82, 2.24) is 5.32 Å². The molecule has 1 saturated carbocycles. The molecule has 0 aromatic rings. The summed E-state index contributed by atoms with van der Waals surface area (Å²) in [5.41, 5.74) is 5.31. The van der Waals surface area contributed by atoms with Gasteiger partial charge < -0.3 is 20.9 Å². The molecule has 1 heterocycles. The molecule has 6 heteroatoms. The van der Waals surface area contributed by atoms with Crippen LogP contribution in [0.15, 0.2) is 0 Å². The van der Waals surface area contributed by atoms with Gasteiger partial charge in [0.05, 0.1) is 11.3 Å². The standard InChI is InChI=1S/C14H24N2O4/c15-9-14(5-7-20-8-6-14)13(19)16-11-3-1-10(2-4-11)12(17)18/h10-11H,1-9,15H2,(H,16,19)(H,17,18). The lowest BCUT2D eigenvalue weighted by molar-refractivity contribution is -0.143. The predicted molar refractivity (Wildman–Crippen MR) is 73.1 cm³/mol. The van der Waals surface area contributed by atoms with E-state index < -0.39 is 11.4 Å². The molecular weight excluding hydrogens is 260 g/mol. The Bertz CT molecular complexity index is 358. The summed E-state index contributed by atoms with van der Waals surface area (Å²) in [6, 6.07) is 0.0874. The van der Waals surface area contributed by atoms with E-state index in [0.29, 0.717) is 45.4 Å². The quantitative estimate of drug-likeness (QED) is 0.698. The topological polar surface area (TPSA) is 102 Å². The van der Waals surface area contributed by atoms with E-state index in [1.54, 1.807) is 0 Å². The van der Waals surface area contributed by atoms with Crippen molar-refractivity contribution in [3.05, 3.63) is 0 Å². The highest BCUT2D eigenvalue weighted by atomic mass is 16.5. The number of aliphatic carboxylic acids is 1. The lowest BCUT2D eigenvalue weighted by atomic mass is 9.78. The van der Waals surface area contributed by atoms with Crippen LogP contribution in [-0.2, 0) is 14.3 Å². The molecule has 0 radical (unpaired) electrons. The minimum absolute atomic E-state index is 0.0158. The molecule has 0 aromatic heterocycles. The third-order valence-electron chi connectivity index (χ3n) is 4.73. The fourth-order valence-corrected chi connectivity index (χ4v) is 3.11. The van der Waals surface area contributed by atoms with E-state index in [0.717, 1.165) is 12.8 Å². The molecule has 0 bridgehead atoms. The van der Waals surface area contributed by atoms with E-state index in [1.165, 1.54) is 0 Å². The molecule has 0 unspecified atom stereocenters. The lowest BCUT2D eigenvalue weighted by Crippen LogP contribution is -2.52. The van der Waals surface area contributed by atoms with Gasteiger partial charge in [-0.15, -0.1) is 0 Å². The lowest BCUT2D eigenvalue weighted by Gasteiger charge is -2.37. The van der Waals surface area contributed by atoms with Crippen molar-refractivity contribution in [2.45, 2.75) is 44.6 Å². The van der Waals surface area contributed by atoms with Crippen molar-refractivity contribution in [3.8, 4) is 0 Å². The molecule has 1 amide bonds. The highest BCUT2D eigenvalue weighted by molar-refractivity contribution is 5.83. The molecule has 1 aliphatic carbocycles. The van der Waals surface area contributed by atoms with Crippen LogP contribution >= 0.6 is 0 Å². The maximum atomic E-state index is 12.5. The molecule has 114 valence electrons. The summed E-state index contributed by atoms with van der Waals surface area (Å²) in [6.45, 7) is 1.50. The normalized spacial score (nSPS) is 29.6. The second-order valence-electron chi connectivity index (χ2n) is 5.96. The molecule has 2 rings (SSSR count). The first-order valence-corrected chi connectivity index (χ1v) is 7.39. The number of hydrogen-bond donors (Lipinski definition) is 3. The minimum Gasteiger partial charge on any atom is -0.481 e. The van der Waals surface area contributed by atoms with E-state index in [1.807, 2.05) is 0 Å². The van der Waals surface area contributed by atoms with E-state index in [-0.39, 0.29) is 17.9 Å². The summed E-state index contributed by atoms with van der Waals surface area (Å²) in [4.78, 5) is 23.4. The maximum absolute atomic E-state index is 12.5. The molecule has 2 fully saturated rings. The zero-order valence-electron chi connectivity index (χ0n) is 11.8. The minimum atomic E-state index is -0.724. The number of nitrogens with one attached hydrogen (secondary N) is 1. The van der Waals surface area contributed by atoms with Gasteiger partial charge in [-0.05, 0) is 38.5 Å². The fraction of sp³-hybridized carbons (Fsp3) is 0.857. The number of rotatable bonds is 4. The van der Waals surface area contributed by atoms with Crippen LogP contribution in [0.1, 0.15) is 38.5 Å². The summed E-state index contributed by atoms with van der Waals surface area (Å²) >= 11 is 0. The Morgan fingerprint density at radius 1 is 1.20 bits per heavy atom. The Balaban J connectivity index is 1.86. The number of carboxylic acid groups (broad SMARTS) is 1. The first-order valence-electron chi connectivity index (χ1n) is 7.39. The van der Waals surface area contributed by atoms with Crippen LogP contribution in [0.4, 0.5) is 0 Å². The number of amides is 1. The Labute approximate surface area is 119 Å². The van der Waals surface area contributed by atoms with Gasteiger partial charge in [0.1, 0.15) is 0 Å². The van der Waals surface area contributed by atoms with Gasteiger partial charge in [-0.3, -0.25) is 9.59 Å². The Kier molecular flexibility index (Phi) is 4.99. The molecule has 1 saturated heterocycles. The maximum Gasteiger partial charge on any atom is 0.306 e. The zero-order valence-corrected chi connectivity index (χ0v) is 11.8. The second kappa shape index (κ2) is 6.54. The van der Waals surface area contributed by atoms with Crippen molar-refractivity contribution in [2.24, 2.45) is 17.1 Å². The number of carbonyl (C=O) groups is 2. The fourth-order valence-electron chi connectivity index (χ4n) is 3.11. The SMILES string of the molecule is NCC1(C(=O)NC2CCC(C(=O)O)CC2)CCOCC1. The van der Waals surface area contributed by atoms with Gasteiger partial charge in [0.25, 0.3) is 0 Å². The van der Waals surface area contributed by atoms with Gasteiger partial charge in [0.2, 0.25) is 5.91 Å². The number of carbonyl (C=O) groups excluding carboxylic acids is 1. The van der Waals surface area contributed by atoms with Crippen LogP contribution < -0.4 is 11.1 Å². The summed E-state index contributed by atoms with van der Waals surface area (Å²) < 4.78 is 5.31. The van der Waals surface area contributed by atoms with Crippen LogP contribution in [0.5, 0.6) is 0 Å². The van der Waals surface area contributed by atoms with Gasteiger partial charge in [0, 0.05) is 25.8 Å². The highest BCUT2D eigenvalue weighted by Crippen LogP contribution is 2.31. The van der Waals surface area contributed by atoms with E-state index in [2.05, 4.69) is 5.32 Å². The van der Waals surface area contributed by atoms with Crippen LogP contribution in [-0.4, -0.2) is 42.8 Å². The zero-order chi connectivity index (χ0) is 14.6. The number of carboxylic acids is 1. The Hall–Kier alpha value is -1.14. The first kappa shape index (κ1) is 15.3. The number of hydrogen-bond acceptors (Lipinski definition) is 4. The molecular formula is C14H24N2O4. The molecule has 2 aliphatic rings. The molecule has 0 spiro atoms. The summed E-state index contributed by atoms with van der Waals surface area (Å²) in [5, 5.41) is 12.0. The molecule has 0 atom stereocenters. The average Bonchev–Trinajstić information content (AvgIpc) is 2.48. The average molecular weight is 284 g/mol. The van der Waals surface area contributed by atoms with Gasteiger partial charge >= 0.3 is 5.97 Å². The van der Waals surface area contributed by atoms with E-state index in [9.17, 15) is 9.59 Å². The highest BCUT2D eigenvalue weighted by Gasteiger charge is 2.40. The molecule has 6 nitrogen and oxygen atoms in total.